The van der Waals surface area contributed by atoms with Crippen molar-refractivity contribution < 1.29 is 18.8 Å². The first kappa shape index (κ1) is 17.9. The zero-order valence-corrected chi connectivity index (χ0v) is 14.8. The number of hydrogen-bond acceptors (Lipinski definition) is 6. The monoisotopic (exact) mass is 384 g/mol. The van der Waals surface area contributed by atoms with Gasteiger partial charge in [-0.3, -0.25) is 19.9 Å². The van der Waals surface area contributed by atoms with Crippen LogP contribution in [0.4, 0.5) is 10.5 Å². The summed E-state index contributed by atoms with van der Waals surface area (Å²) >= 11 is 0. The lowest BCUT2D eigenvalue weighted by Gasteiger charge is -2.25. The molecule has 4 amide bonds. The van der Waals surface area contributed by atoms with Gasteiger partial charge in [0.1, 0.15) is 17.1 Å². The summed E-state index contributed by atoms with van der Waals surface area (Å²) in [6, 6.07) is 14.4. The highest BCUT2D eigenvalue weighted by atomic mass is 16.3. The van der Waals surface area contributed by atoms with E-state index < -0.39 is 17.8 Å². The van der Waals surface area contributed by atoms with Gasteiger partial charge >= 0.3 is 6.03 Å². The fraction of sp³-hybridized carbons (Fsp3) is 0. The van der Waals surface area contributed by atoms with Crippen LogP contribution in [0.15, 0.2) is 70.9 Å². The molecule has 0 saturated carbocycles. The molecule has 0 radical (unpaired) electrons. The number of urea groups is 1. The Morgan fingerprint density at radius 1 is 1.07 bits per heavy atom. The third-order valence-electron chi connectivity index (χ3n) is 4.23. The molecule has 0 atom stereocenters. The topological polar surface area (TPSA) is 116 Å². The summed E-state index contributed by atoms with van der Waals surface area (Å²) in [5.41, 5.74) is 0.992. The average Bonchev–Trinajstić information content (AvgIpc) is 3.20. The van der Waals surface area contributed by atoms with E-state index in [2.05, 4.69) is 16.4 Å². The quantitative estimate of drug-likeness (QED) is 0.548. The van der Waals surface area contributed by atoms with Crippen molar-refractivity contribution in [3.8, 4) is 17.4 Å². The zero-order chi connectivity index (χ0) is 20.4. The van der Waals surface area contributed by atoms with Gasteiger partial charge in [0, 0.05) is 11.8 Å². The lowest BCUT2D eigenvalue weighted by Crippen LogP contribution is -2.54. The van der Waals surface area contributed by atoms with Gasteiger partial charge in [0.2, 0.25) is 0 Å². The number of hydrogen-bond donors (Lipinski definition) is 1. The van der Waals surface area contributed by atoms with Crippen molar-refractivity contribution in [1.29, 1.82) is 5.26 Å². The van der Waals surface area contributed by atoms with Crippen molar-refractivity contribution in [2.45, 2.75) is 0 Å². The Balaban J connectivity index is 1.70. The van der Waals surface area contributed by atoms with Crippen LogP contribution in [0, 0.1) is 11.3 Å². The summed E-state index contributed by atoms with van der Waals surface area (Å²) in [5.74, 6) is -0.970. The van der Waals surface area contributed by atoms with Crippen LogP contribution in [0.25, 0.3) is 17.4 Å². The molecule has 0 spiro atoms. The van der Waals surface area contributed by atoms with Gasteiger partial charge in [-0.25, -0.2) is 9.69 Å². The summed E-state index contributed by atoms with van der Waals surface area (Å²) in [5, 5.41) is 11.4. The number of benzene rings is 1. The lowest BCUT2D eigenvalue weighted by molar-refractivity contribution is -0.122. The second-order valence-corrected chi connectivity index (χ2v) is 6.03. The van der Waals surface area contributed by atoms with E-state index in [0.717, 1.165) is 4.90 Å². The number of imide groups is 2. The molecule has 3 heterocycles. The minimum atomic E-state index is -0.853. The molecule has 1 aliphatic heterocycles. The smallest absolute Gasteiger partial charge is 0.336 e. The van der Waals surface area contributed by atoms with Gasteiger partial charge in [-0.1, -0.05) is 12.1 Å². The van der Waals surface area contributed by atoms with Gasteiger partial charge in [-0.05, 0) is 42.5 Å². The zero-order valence-electron chi connectivity index (χ0n) is 14.8. The maximum Gasteiger partial charge on any atom is 0.336 e. The number of aromatic nitrogens is 1. The van der Waals surface area contributed by atoms with Crippen molar-refractivity contribution in [3.63, 3.8) is 0 Å². The Labute approximate surface area is 164 Å². The molecular formula is C21H12N4O4. The molecular weight excluding hydrogens is 372 g/mol. The van der Waals surface area contributed by atoms with Crippen molar-refractivity contribution in [1.82, 2.24) is 10.3 Å². The van der Waals surface area contributed by atoms with Crippen LogP contribution in [0.1, 0.15) is 11.3 Å². The van der Waals surface area contributed by atoms with Crippen LogP contribution in [0.3, 0.4) is 0 Å². The largest absolute Gasteiger partial charge is 0.457 e. The Bertz CT molecular complexity index is 1200. The molecule has 1 aromatic carbocycles. The number of nitriles is 1. The number of barbiturate groups is 1. The summed E-state index contributed by atoms with van der Waals surface area (Å²) in [4.78, 5) is 41.9. The van der Waals surface area contributed by atoms with Gasteiger partial charge in [-0.2, -0.15) is 5.26 Å². The Morgan fingerprint density at radius 3 is 2.66 bits per heavy atom. The highest BCUT2D eigenvalue weighted by molar-refractivity contribution is 6.39. The average molecular weight is 384 g/mol. The third-order valence-corrected chi connectivity index (χ3v) is 4.23. The third kappa shape index (κ3) is 3.28. The highest BCUT2D eigenvalue weighted by Gasteiger charge is 2.37. The van der Waals surface area contributed by atoms with Crippen molar-refractivity contribution >= 4 is 29.6 Å². The summed E-state index contributed by atoms with van der Waals surface area (Å²) < 4.78 is 5.70. The van der Waals surface area contributed by atoms with Crippen molar-refractivity contribution in [2.75, 3.05) is 4.90 Å². The number of carbonyl (C=O) groups is 3. The Hall–Kier alpha value is -4.51. The van der Waals surface area contributed by atoms with E-state index in [-0.39, 0.29) is 17.0 Å². The van der Waals surface area contributed by atoms with E-state index in [4.69, 9.17) is 4.42 Å². The van der Waals surface area contributed by atoms with Crippen LogP contribution in [-0.2, 0) is 9.59 Å². The predicted molar refractivity (Wildman–Crippen MR) is 102 cm³/mol. The minimum Gasteiger partial charge on any atom is -0.457 e. The van der Waals surface area contributed by atoms with E-state index >= 15 is 0 Å². The normalized spacial score (nSPS) is 15.3. The van der Waals surface area contributed by atoms with E-state index in [0.29, 0.717) is 16.9 Å². The summed E-state index contributed by atoms with van der Waals surface area (Å²) in [6.45, 7) is 0. The molecule has 3 aromatic rings. The van der Waals surface area contributed by atoms with Crippen LogP contribution >= 0.6 is 0 Å². The van der Waals surface area contributed by atoms with Crippen LogP contribution < -0.4 is 10.2 Å². The highest BCUT2D eigenvalue weighted by Crippen LogP contribution is 2.27. The van der Waals surface area contributed by atoms with Crippen LogP contribution in [-0.4, -0.2) is 22.8 Å². The predicted octanol–water partition coefficient (Wildman–Crippen LogP) is 2.88. The fourth-order valence-corrected chi connectivity index (χ4v) is 2.89. The van der Waals surface area contributed by atoms with Crippen molar-refractivity contribution in [3.05, 3.63) is 77.8 Å². The standard InChI is InChI=1S/C21H12N4O4/c22-11-13-4-1-2-6-16(13)18-8-7-15(29-18)10-17-19(26)24-21(28)25(20(17)27)14-5-3-9-23-12-14/h1-10,12H,(H,24,26,28)/b17-10+. The molecule has 8 nitrogen and oxygen atoms in total. The molecule has 0 bridgehead atoms. The summed E-state index contributed by atoms with van der Waals surface area (Å²) in [7, 11) is 0. The number of nitrogens with one attached hydrogen (secondary N) is 1. The van der Waals surface area contributed by atoms with E-state index in [9.17, 15) is 19.6 Å². The molecule has 8 heteroatoms. The molecule has 4 rings (SSSR count). The molecule has 29 heavy (non-hydrogen) atoms. The van der Waals surface area contributed by atoms with Crippen molar-refractivity contribution in [2.24, 2.45) is 0 Å². The van der Waals surface area contributed by atoms with Crippen LogP contribution in [0.5, 0.6) is 0 Å². The van der Waals surface area contributed by atoms with E-state index in [1.165, 1.54) is 24.5 Å². The first-order chi connectivity index (χ1) is 14.1. The van der Waals surface area contributed by atoms with Gasteiger partial charge in [0.15, 0.2) is 0 Å². The molecule has 1 N–H and O–H groups in total. The molecule has 2 aromatic heterocycles. The maximum absolute atomic E-state index is 12.8. The SMILES string of the molecule is N#Cc1ccccc1-c1ccc(/C=C2\C(=O)NC(=O)N(c3cccnc3)C2=O)o1. The molecule has 0 unspecified atom stereocenters. The molecule has 1 fully saturated rings. The fourth-order valence-electron chi connectivity index (χ4n) is 2.89. The first-order valence-electron chi connectivity index (χ1n) is 8.49. The number of nitrogens with zero attached hydrogens (tertiary/aromatic N) is 3. The molecule has 1 aliphatic rings. The summed E-state index contributed by atoms with van der Waals surface area (Å²) in [6.07, 6.45) is 4.10. The second-order valence-electron chi connectivity index (χ2n) is 6.03. The molecule has 1 saturated heterocycles. The number of pyridine rings is 1. The second kappa shape index (κ2) is 7.25. The van der Waals surface area contributed by atoms with Crippen LogP contribution in [0.2, 0.25) is 0 Å². The van der Waals surface area contributed by atoms with Gasteiger partial charge < -0.3 is 4.42 Å². The minimum absolute atomic E-state index is 0.228. The molecule has 140 valence electrons. The van der Waals surface area contributed by atoms with Gasteiger partial charge in [0.25, 0.3) is 11.8 Å². The number of amides is 4. The Morgan fingerprint density at radius 2 is 1.90 bits per heavy atom. The Kier molecular flexibility index (Phi) is 4.47. The number of furan rings is 1. The van der Waals surface area contributed by atoms with E-state index in [1.54, 1.807) is 42.5 Å². The number of carbonyl (C=O) groups excluding carboxylic acids is 3. The number of anilines is 1. The molecule has 0 aliphatic carbocycles. The van der Waals surface area contributed by atoms with Gasteiger partial charge in [-0.15, -0.1) is 0 Å². The van der Waals surface area contributed by atoms with E-state index in [1.807, 2.05) is 0 Å². The van der Waals surface area contributed by atoms with Gasteiger partial charge in [0.05, 0.1) is 23.5 Å². The lowest BCUT2D eigenvalue weighted by atomic mass is 10.1. The maximum atomic E-state index is 12.8. The first-order valence-corrected chi connectivity index (χ1v) is 8.49. The number of rotatable bonds is 3.